The zero-order valence-electron chi connectivity index (χ0n) is 12.9. The number of carbonyl (C=O) groups is 1. The molecule has 0 heterocycles. The van der Waals surface area contributed by atoms with E-state index in [1.165, 1.54) is 12.8 Å². The summed E-state index contributed by atoms with van der Waals surface area (Å²) in [4.78, 5) is 11.5. The molecule has 3 fully saturated rings. The number of primary amides is 1. The van der Waals surface area contributed by atoms with E-state index in [0.29, 0.717) is 18.1 Å². The second-order valence-corrected chi connectivity index (χ2v) is 7.83. The van der Waals surface area contributed by atoms with E-state index in [0.717, 1.165) is 25.2 Å². The fourth-order valence-corrected chi connectivity index (χ4v) is 4.34. The van der Waals surface area contributed by atoms with E-state index in [9.17, 15) is 4.79 Å². The molecule has 1 amide bonds. The molecule has 0 aromatic carbocycles. The number of fused-ring (bicyclic) bond motifs is 2. The molecule has 3 rings (SSSR count). The third-order valence-corrected chi connectivity index (χ3v) is 6.54. The van der Waals surface area contributed by atoms with E-state index in [2.05, 4.69) is 26.1 Å². The Morgan fingerprint density at radius 3 is 2.50 bits per heavy atom. The van der Waals surface area contributed by atoms with Gasteiger partial charge >= 0.3 is 0 Å². The van der Waals surface area contributed by atoms with Crippen LogP contribution in [-0.4, -0.2) is 30.7 Å². The Kier molecular flexibility index (Phi) is 3.37. The van der Waals surface area contributed by atoms with Crippen molar-refractivity contribution in [1.82, 2.24) is 5.32 Å². The van der Waals surface area contributed by atoms with Gasteiger partial charge in [0.05, 0.1) is 12.7 Å². The summed E-state index contributed by atoms with van der Waals surface area (Å²) in [6, 6.07) is 0.150. The smallest absolute Gasteiger partial charge is 0.236 e. The number of nitrogens with two attached hydrogens (primary N) is 1. The van der Waals surface area contributed by atoms with Crippen molar-refractivity contribution in [3.8, 4) is 0 Å². The van der Waals surface area contributed by atoms with Crippen LogP contribution < -0.4 is 11.1 Å². The topological polar surface area (TPSA) is 64.3 Å². The lowest BCUT2D eigenvalue weighted by atomic mass is 9.70. The fourth-order valence-electron chi connectivity index (χ4n) is 4.34. The third kappa shape index (κ3) is 2.17. The number of nitrogens with one attached hydrogen (secondary N) is 1. The first kappa shape index (κ1) is 14.3. The number of ether oxygens (including phenoxy) is 1. The molecule has 0 aliphatic heterocycles. The van der Waals surface area contributed by atoms with E-state index >= 15 is 0 Å². The Bertz CT molecular complexity index is 405. The van der Waals surface area contributed by atoms with Gasteiger partial charge in [-0.2, -0.15) is 0 Å². The van der Waals surface area contributed by atoms with E-state index in [-0.39, 0.29) is 23.5 Å². The predicted octanol–water partition coefficient (Wildman–Crippen LogP) is 1.82. The summed E-state index contributed by atoms with van der Waals surface area (Å²) in [6.07, 6.45) is 6.28. The fraction of sp³-hybridized carbons (Fsp3) is 0.938. The molecule has 0 aromatic heterocycles. The highest BCUT2D eigenvalue weighted by molar-refractivity contribution is 5.80. The first-order valence-electron chi connectivity index (χ1n) is 8.01. The number of hydrogen-bond donors (Lipinski definition) is 2. The molecule has 3 N–H and O–H groups in total. The largest absolute Gasteiger partial charge is 0.375 e. The second-order valence-electron chi connectivity index (χ2n) is 7.83. The molecule has 4 nitrogen and oxygen atoms in total. The molecule has 114 valence electrons. The summed E-state index contributed by atoms with van der Waals surface area (Å²) in [5, 5.41) is 3.29. The zero-order valence-corrected chi connectivity index (χ0v) is 12.9. The Morgan fingerprint density at radius 1 is 1.35 bits per heavy atom. The molecule has 4 unspecified atom stereocenters. The van der Waals surface area contributed by atoms with Crippen LogP contribution in [0.15, 0.2) is 0 Å². The van der Waals surface area contributed by atoms with Gasteiger partial charge < -0.3 is 15.8 Å². The summed E-state index contributed by atoms with van der Waals surface area (Å²) < 4.78 is 6.16. The molecule has 3 saturated carbocycles. The monoisotopic (exact) mass is 280 g/mol. The lowest BCUT2D eigenvalue weighted by Crippen LogP contribution is -2.47. The second kappa shape index (κ2) is 4.70. The summed E-state index contributed by atoms with van der Waals surface area (Å²) in [5.41, 5.74) is 6.08. The first-order chi connectivity index (χ1) is 9.34. The van der Waals surface area contributed by atoms with Gasteiger partial charge in [0.15, 0.2) is 0 Å². The number of amides is 1. The van der Waals surface area contributed by atoms with Gasteiger partial charge in [0.25, 0.3) is 0 Å². The van der Waals surface area contributed by atoms with Crippen LogP contribution in [0.5, 0.6) is 0 Å². The van der Waals surface area contributed by atoms with Gasteiger partial charge in [-0.1, -0.05) is 20.8 Å². The predicted molar refractivity (Wildman–Crippen MR) is 78.1 cm³/mol. The molecular formula is C16H28N2O2. The van der Waals surface area contributed by atoms with Crippen LogP contribution >= 0.6 is 0 Å². The molecule has 4 atom stereocenters. The van der Waals surface area contributed by atoms with Gasteiger partial charge in [0.1, 0.15) is 6.04 Å². The third-order valence-electron chi connectivity index (χ3n) is 6.54. The van der Waals surface area contributed by atoms with Crippen molar-refractivity contribution in [2.45, 2.75) is 71.1 Å². The van der Waals surface area contributed by atoms with Crippen molar-refractivity contribution in [3.63, 3.8) is 0 Å². The molecule has 0 saturated heterocycles. The van der Waals surface area contributed by atoms with Crippen molar-refractivity contribution < 1.29 is 9.53 Å². The van der Waals surface area contributed by atoms with Gasteiger partial charge in [-0.05, 0) is 48.9 Å². The molecule has 2 bridgehead atoms. The normalized spacial score (nSPS) is 40.0. The summed E-state index contributed by atoms with van der Waals surface area (Å²) in [5.74, 6) is 0.477. The quantitative estimate of drug-likeness (QED) is 0.780. The molecule has 0 spiro atoms. The van der Waals surface area contributed by atoms with Crippen LogP contribution in [0.25, 0.3) is 0 Å². The molecule has 0 aromatic rings. The lowest BCUT2D eigenvalue weighted by Gasteiger charge is -2.39. The van der Waals surface area contributed by atoms with Crippen LogP contribution in [0.4, 0.5) is 0 Å². The Labute approximate surface area is 121 Å². The molecule has 4 heteroatoms. The van der Waals surface area contributed by atoms with Crippen LogP contribution in [0.1, 0.15) is 52.9 Å². The minimum Gasteiger partial charge on any atom is -0.375 e. The van der Waals surface area contributed by atoms with Crippen LogP contribution in [-0.2, 0) is 9.53 Å². The molecular weight excluding hydrogens is 252 g/mol. The maximum Gasteiger partial charge on any atom is 0.236 e. The average Bonchev–Trinajstić information content (AvgIpc) is 3.12. The van der Waals surface area contributed by atoms with Gasteiger partial charge in [-0.25, -0.2) is 0 Å². The average molecular weight is 280 g/mol. The molecule has 3 aliphatic rings. The Balaban J connectivity index is 1.59. The highest BCUT2D eigenvalue weighted by atomic mass is 16.5. The Morgan fingerprint density at radius 2 is 2.05 bits per heavy atom. The van der Waals surface area contributed by atoms with E-state index < -0.39 is 0 Å². The molecule has 0 radical (unpaired) electrons. The van der Waals surface area contributed by atoms with Crippen LogP contribution in [0, 0.1) is 16.7 Å². The van der Waals surface area contributed by atoms with Crippen molar-refractivity contribution >= 4 is 5.91 Å². The molecule has 3 aliphatic carbocycles. The summed E-state index contributed by atoms with van der Waals surface area (Å²) in [6.45, 7) is 7.54. The first-order valence-corrected chi connectivity index (χ1v) is 8.01. The summed E-state index contributed by atoms with van der Waals surface area (Å²) >= 11 is 0. The van der Waals surface area contributed by atoms with Gasteiger partial charge in [0.2, 0.25) is 5.91 Å². The van der Waals surface area contributed by atoms with Crippen molar-refractivity contribution in [3.05, 3.63) is 0 Å². The molecule has 20 heavy (non-hydrogen) atoms. The van der Waals surface area contributed by atoms with Crippen molar-refractivity contribution in [2.24, 2.45) is 22.5 Å². The minimum atomic E-state index is -0.326. The van der Waals surface area contributed by atoms with Crippen LogP contribution in [0.3, 0.4) is 0 Å². The maximum atomic E-state index is 11.5. The highest BCUT2D eigenvalue weighted by Crippen LogP contribution is 2.66. The van der Waals surface area contributed by atoms with Gasteiger partial charge in [-0.3, -0.25) is 4.79 Å². The Hall–Kier alpha value is -0.610. The number of carbonyl (C=O) groups excluding carboxylic acids is 1. The number of rotatable bonds is 6. The standard InChI is InChI=1S/C16H28N2O2/c1-15(2)10-6-7-16(15,3)13(8-10)20-9-12(14(17)19)18-11-4-5-11/h10-13,18H,4-9H2,1-3H3,(H2,17,19). The van der Waals surface area contributed by atoms with E-state index in [1.54, 1.807) is 0 Å². The zero-order chi connectivity index (χ0) is 14.5. The summed E-state index contributed by atoms with van der Waals surface area (Å²) in [7, 11) is 0. The maximum absolute atomic E-state index is 11.5. The van der Waals surface area contributed by atoms with Crippen molar-refractivity contribution in [1.29, 1.82) is 0 Å². The minimum absolute atomic E-state index is 0.249. The van der Waals surface area contributed by atoms with Crippen molar-refractivity contribution in [2.75, 3.05) is 6.61 Å². The SMILES string of the molecule is CC1(C)C2CCC1(C)C(OCC(NC1CC1)C(N)=O)C2. The highest BCUT2D eigenvalue weighted by Gasteiger charge is 2.61. The van der Waals surface area contributed by atoms with Gasteiger partial charge in [-0.15, -0.1) is 0 Å². The number of hydrogen-bond acceptors (Lipinski definition) is 3. The van der Waals surface area contributed by atoms with Crippen LogP contribution in [0.2, 0.25) is 0 Å². The lowest BCUT2D eigenvalue weighted by molar-refractivity contribution is -0.124. The van der Waals surface area contributed by atoms with E-state index in [4.69, 9.17) is 10.5 Å². The van der Waals surface area contributed by atoms with E-state index in [1.807, 2.05) is 0 Å². The van der Waals surface area contributed by atoms with Gasteiger partial charge in [0, 0.05) is 6.04 Å².